The number of rotatable bonds is 4. The number of phenolic OH excluding ortho intramolecular Hbond substituents is 1. The molecule has 3 aromatic rings. The number of nitrogens with zero attached hydrogens (tertiary/aromatic N) is 1. The number of benzene rings is 2. The van der Waals surface area contributed by atoms with Crippen LogP contribution in [0, 0.1) is 10.1 Å². The summed E-state index contributed by atoms with van der Waals surface area (Å²) in [6, 6.07) is 11.8. The van der Waals surface area contributed by atoms with Gasteiger partial charge in [-0.1, -0.05) is 0 Å². The number of nitrogens with one attached hydrogen (secondary N) is 1. The molecule has 0 bridgehead atoms. The molecule has 3 rings (SSSR count). The summed E-state index contributed by atoms with van der Waals surface area (Å²) in [6.07, 6.45) is 0. The van der Waals surface area contributed by atoms with Gasteiger partial charge in [-0.2, -0.15) is 0 Å². The Morgan fingerprint density at radius 1 is 1.13 bits per heavy atom. The number of fused-ring (bicyclic) bond motifs is 1. The van der Waals surface area contributed by atoms with Crippen LogP contribution in [-0.2, 0) is 6.54 Å². The first-order valence-electron chi connectivity index (χ1n) is 6.77. The van der Waals surface area contributed by atoms with Crippen molar-refractivity contribution in [1.29, 1.82) is 0 Å². The lowest BCUT2D eigenvalue weighted by molar-refractivity contribution is -0.384. The third-order valence-electron chi connectivity index (χ3n) is 3.37. The van der Waals surface area contributed by atoms with Crippen molar-refractivity contribution in [2.75, 3.05) is 5.32 Å². The topological polar surface area (TPSA) is 106 Å². The second-order valence-corrected chi connectivity index (χ2v) is 4.93. The van der Waals surface area contributed by atoms with E-state index in [0.29, 0.717) is 16.5 Å². The highest BCUT2D eigenvalue weighted by Gasteiger charge is 2.11. The van der Waals surface area contributed by atoms with Crippen molar-refractivity contribution in [3.63, 3.8) is 0 Å². The summed E-state index contributed by atoms with van der Waals surface area (Å²) >= 11 is 0. The Balaban J connectivity index is 1.97. The van der Waals surface area contributed by atoms with Gasteiger partial charge >= 0.3 is 5.63 Å². The van der Waals surface area contributed by atoms with E-state index in [2.05, 4.69) is 5.32 Å². The third kappa shape index (κ3) is 3.13. The summed E-state index contributed by atoms with van der Waals surface area (Å²) in [5.74, 6) is 0.150. The molecule has 0 atom stereocenters. The minimum atomic E-state index is -0.520. The molecule has 23 heavy (non-hydrogen) atoms. The molecule has 0 spiro atoms. The highest BCUT2D eigenvalue weighted by molar-refractivity contribution is 5.82. The average Bonchev–Trinajstić information content (AvgIpc) is 2.53. The molecule has 0 aliphatic rings. The lowest BCUT2D eigenvalue weighted by Gasteiger charge is -2.08. The van der Waals surface area contributed by atoms with E-state index in [1.54, 1.807) is 12.1 Å². The number of nitro benzene ring substituents is 1. The fourth-order valence-electron chi connectivity index (χ4n) is 2.25. The fraction of sp³-hybridized carbons (Fsp3) is 0.0625. The number of aromatic hydroxyl groups is 1. The molecule has 116 valence electrons. The normalized spacial score (nSPS) is 10.6. The van der Waals surface area contributed by atoms with Gasteiger partial charge in [0.15, 0.2) is 0 Å². The molecule has 2 aromatic carbocycles. The molecule has 0 amide bonds. The average molecular weight is 312 g/mol. The molecule has 0 radical (unpaired) electrons. The molecule has 0 aliphatic heterocycles. The van der Waals surface area contributed by atoms with E-state index >= 15 is 0 Å². The molecule has 0 saturated carbocycles. The van der Waals surface area contributed by atoms with Gasteiger partial charge in [0.25, 0.3) is 5.69 Å². The first-order chi connectivity index (χ1) is 11.0. The lowest BCUT2D eigenvalue weighted by Crippen LogP contribution is -2.06. The summed E-state index contributed by atoms with van der Waals surface area (Å²) in [4.78, 5) is 22.0. The van der Waals surface area contributed by atoms with E-state index in [1.165, 1.54) is 36.4 Å². The predicted molar refractivity (Wildman–Crippen MR) is 84.6 cm³/mol. The van der Waals surface area contributed by atoms with Gasteiger partial charge in [0, 0.05) is 35.8 Å². The molecule has 7 heteroatoms. The van der Waals surface area contributed by atoms with E-state index in [1.807, 2.05) is 0 Å². The third-order valence-corrected chi connectivity index (χ3v) is 3.37. The van der Waals surface area contributed by atoms with Crippen LogP contribution in [0.25, 0.3) is 11.0 Å². The summed E-state index contributed by atoms with van der Waals surface area (Å²) in [7, 11) is 0. The zero-order chi connectivity index (χ0) is 16.4. The lowest BCUT2D eigenvalue weighted by atomic mass is 10.1. The van der Waals surface area contributed by atoms with Crippen LogP contribution < -0.4 is 10.9 Å². The Hall–Kier alpha value is -3.35. The largest absolute Gasteiger partial charge is 0.508 e. The SMILES string of the molecule is O=c1cc(CNc2ccc(O)cc2)c2cc([N+](=O)[O-])ccc2o1. The van der Waals surface area contributed by atoms with Gasteiger partial charge in [-0.25, -0.2) is 4.79 Å². The molecule has 7 nitrogen and oxygen atoms in total. The minimum absolute atomic E-state index is 0.0720. The quantitative estimate of drug-likeness (QED) is 0.332. The van der Waals surface area contributed by atoms with Gasteiger partial charge in [0.05, 0.1) is 4.92 Å². The van der Waals surface area contributed by atoms with Crippen LogP contribution >= 0.6 is 0 Å². The van der Waals surface area contributed by atoms with Gasteiger partial charge in [0.1, 0.15) is 11.3 Å². The molecule has 2 N–H and O–H groups in total. The summed E-state index contributed by atoms with van der Waals surface area (Å²) < 4.78 is 5.07. The fourth-order valence-corrected chi connectivity index (χ4v) is 2.25. The van der Waals surface area contributed by atoms with Crippen LogP contribution in [0.2, 0.25) is 0 Å². The van der Waals surface area contributed by atoms with E-state index in [4.69, 9.17) is 4.42 Å². The monoisotopic (exact) mass is 312 g/mol. The Kier molecular flexibility index (Phi) is 3.68. The maximum Gasteiger partial charge on any atom is 0.336 e. The molecule has 0 unspecified atom stereocenters. The van der Waals surface area contributed by atoms with Crippen LogP contribution in [-0.4, -0.2) is 10.0 Å². The van der Waals surface area contributed by atoms with Crippen molar-refractivity contribution in [2.45, 2.75) is 6.54 Å². The van der Waals surface area contributed by atoms with Crippen molar-refractivity contribution in [2.24, 2.45) is 0 Å². The van der Waals surface area contributed by atoms with Crippen LogP contribution in [0.3, 0.4) is 0 Å². The smallest absolute Gasteiger partial charge is 0.336 e. The maximum absolute atomic E-state index is 11.6. The molecular formula is C16H12N2O5. The van der Waals surface area contributed by atoms with Crippen LogP contribution in [0.5, 0.6) is 5.75 Å². The first kappa shape index (κ1) is 14.6. The van der Waals surface area contributed by atoms with E-state index in [-0.39, 0.29) is 18.0 Å². The number of anilines is 1. The Bertz CT molecular complexity index is 931. The Morgan fingerprint density at radius 2 is 1.87 bits per heavy atom. The predicted octanol–water partition coefficient (Wildman–Crippen LogP) is 3.02. The van der Waals surface area contributed by atoms with Gasteiger partial charge < -0.3 is 14.8 Å². The number of nitro groups is 1. The van der Waals surface area contributed by atoms with Gasteiger partial charge in [-0.15, -0.1) is 0 Å². The number of hydrogen-bond donors (Lipinski definition) is 2. The van der Waals surface area contributed by atoms with Crippen LogP contribution in [0.4, 0.5) is 11.4 Å². The number of non-ortho nitro benzene ring substituents is 1. The highest BCUT2D eigenvalue weighted by atomic mass is 16.6. The zero-order valence-electron chi connectivity index (χ0n) is 11.9. The van der Waals surface area contributed by atoms with Gasteiger partial charge in [-0.3, -0.25) is 10.1 Å². The zero-order valence-corrected chi connectivity index (χ0v) is 11.9. The van der Waals surface area contributed by atoms with Crippen molar-refractivity contribution in [1.82, 2.24) is 0 Å². The molecular weight excluding hydrogens is 300 g/mol. The molecule has 1 aromatic heterocycles. The molecule has 1 heterocycles. The van der Waals surface area contributed by atoms with Crippen molar-refractivity contribution < 1.29 is 14.4 Å². The standard InChI is InChI=1S/C16H12N2O5/c19-13-4-1-11(2-5-13)17-9-10-7-16(20)23-15-6-3-12(18(21)22)8-14(10)15/h1-8,17,19H,9H2. The van der Waals surface area contributed by atoms with Crippen molar-refractivity contribution >= 4 is 22.3 Å². The summed E-state index contributed by atoms with van der Waals surface area (Å²) in [5, 5.41) is 23.8. The van der Waals surface area contributed by atoms with Gasteiger partial charge in [-0.05, 0) is 35.9 Å². The van der Waals surface area contributed by atoms with E-state index in [0.717, 1.165) is 5.69 Å². The van der Waals surface area contributed by atoms with Crippen LogP contribution in [0.15, 0.2) is 57.7 Å². The first-order valence-corrected chi connectivity index (χ1v) is 6.77. The molecule has 0 saturated heterocycles. The summed E-state index contributed by atoms with van der Waals surface area (Å²) in [5.41, 5.74) is 1.04. The number of hydrogen-bond acceptors (Lipinski definition) is 6. The van der Waals surface area contributed by atoms with E-state index < -0.39 is 10.5 Å². The van der Waals surface area contributed by atoms with Crippen LogP contribution in [0.1, 0.15) is 5.56 Å². The van der Waals surface area contributed by atoms with Crippen molar-refractivity contribution in [3.05, 3.63) is 74.6 Å². The highest BCUT2D eigenvalue weighted by Crippen LogP contribution is 2.24. The number of phenols is 1. The van der Waals surface area contributed by atoms with Gasteiger partial charge in [0.2, 0.25) is 0 Å². The second-order valence-electron chi connectivity index (χ2n) is 4.93. The van der Waals surface area contributed by atoms with E-state index in [9.17, 15) is 20.0 Å². The summed E-state index contributed by atoms with van der Waals surface area (Å²) in [6.45, 7) is 0.286. The molecule has 0 fully saturated rings. The second kappa shape index (κ2) is 5.80. The minimum Gasteiger partial charge on any atom is -0.508 e. The maximum atomic E-state index is 11.6. The molecule has 0 aliphatic carbocycles. The van der Waals surface area contributed by atoms with Crippen molar-refractivity contribution in [3.8, 4) is 5.75 Å². The Labute approximate surface area is 129 Å². The Morgan fingerprint density at radius 3 is 2.57 bits per heavy atom.